The maximum Gasteiger partial charge on any atom is 0.420 e. The molecular weight excluding hydrogens is 315 g/mol. The number of hydrogen-bond donors (Lipinski definition) is 1. The Bertz CT molecular complexity index is 825. The molecule has 120 valence electrons. The zero-order valence-electron chi connectivity index (χ0n) is 11.5. The van der Waals surface area contributed by atoms with Crippen LogP contribution in [0.5, 0.6) is 0 Å². The molecule has 0 aliphatic carbocycles. The fraction of sp³-hybridized carbons (Fsp3) is 0.250. The summed E-state index contributed by atoms with van der Waals surface area (Å²) in [5, 5.41) is 13.6. The van der Waals surface area contributed by atoms with Crippen LogP contribution in [-0.4, -0.2) is 35.3 Å². The van der Waals surface area contributed by atoms with E-state index in [2.05, 4.69) is 25.6 Å². The third-order valence-electron chi connectivity index (χ3n) is 3.03. The van der Waals surface area contributed by atoms with Crippen molar-refractivity contribution in [2.24, 2.45) is 0 Å². The summed E-state index contributed by atoms with van der Waals surface area (Å²) >= 11 is 0. The lowest BCUT2D eigenvalue weighted by Crippen LogP contribution is -2.28. The van der Waals surface area contributed by atoms with Gasteiger partial charge in [-0.1, -0.05) is 0 Å². The Morgan fingerprint density at radius 2 is 2.13 bits per heavy atom. The molecular formula is C12H10F3N7O. The maximum absolute atomic E-state index is 12.9. The molecule has 0 bridgehead atoms. The van der Waals surface area contributed by atoms with Gasteiger partial charge in [0.1, 0.15) is 24.8 Å². The third-order valence-corrected chi connectivity index (χ3v) is 3.03. The number of hydrogen-bond acceptors (Lipinski definition) is 5. The monoisotopic (exact) mass is 325 g/mol. The van der Waals surface area contributed by atoms with Crippen molar-refractivity contribution in [2.45, 2.75) is 19.3 Å². The molecule has 3 aromatic rings. The predicted molar refractivity (Wildman–Crippen MR) is 69.9 cm³/mol. The van der Waals surface area contributed by atoms with Gasteiger partial charge in [-0.25, -0.2) is 9.67 Å². The molecule has 0 aliphatic rings. The first-order valence-corrected chi connectivity index (χ1v) is 6.44. The highest BCUT2D eigenvalue weighted by molar-refractivity contribution is 5.75. The summed E-state index contributed by atoms with van der Waals surface area (Å²) < 4.78 is 41.2. The van der Waals surface area contributed by atoms with Gasteiger partial charge in [-0.05, 0) is 12.1 Å². The first-order chi connectivity index (χ1) is 10.9. The summed E-state index contributed by atoms with van der Waals surface area (Å²) in [6.07, 6.45) is -0.452. The van der Waals surface area contributed by atoms with Crippen LogP contribution in [0.25, 0.3) is 5.65 Å². The van der Waals surface area contributed by atoms with Crippen LogP contribution < -0.4 is 5.32 Å². The molecule has 3 rings (SSSR count). The molecule has 0 aromatic carbocycles. The van der Waals surface area contributed by atoms with E-state index in [9.17, 15) is 18.0 Å². The zero-order chi connectivity index (χ0) is 16.4. The minimum Gasteiger partial charge on any atom is -0.347 e. The van der Waals surface area contributed by atoms with Crippen molar-refractivity contribution in [3.63, 3.8) is 0 Å². The van der Waals surface area contributed by atoms with Crippen LogP contribution in [0, 0.1) is 0 Å². The highest BCUT2D eigenvalue weighted by Gasteiger charge is 2.34. The van der Waals surface area contributed by atoms with Crippen LogP contribution in [0.15, 0.2) is 31.0 Å². The number of nitrogens with zero attached hydrogens (tertiary/aromatic N) is 6. The third kappa shape index (κ3) is 3.12. The van der Waals surface area contributed by atoms with Crippen molar-refractivity contribution in [2.75, 3.05) is 0 Å². The van der Waals surface area contributed by atoms with Crippen LogP contribution in [0.3, 0.4) is 0 Å². The van der Waals surface area contributed by atoms with Gasteiger partial charge in [0, 0.05) is 6.20 Å². The number of alkyl halides is 3. The molecule has 3 aromatic heterocycles. The standard InChI is InChI=1S/C12H10F3N7O/c13-12(14,15)8-2-1-3-22-9(19-20-11(8)22)4-17-10(23)5-21-7-16-6-18-21/h1-3,6-7H,4-5H2,(H,17,23). The highest BCUT2D eigenvalue weighted by atomic mass is 19.4. The SMILES string of the molecule is O=C(Cn1cncn1)NCc1nnc2c(C(F)(F)F)cccn12. The van der Waals surface area contributed by atoms with Crippen molar-refractivity contribution < 1.29 is 18.0 Å². The molecule has 0 fully saturated rings. The number of amides is 1. The largest absolute Gasteiger partial charge is 0.420 e. The van der Waals surface area contributed by atoms with E-state index in [-0.39, 0.29) is 30.5 Å². The Morgan fingerprint density at radius 3 is 2.83 bits per heavy atom. The van der Waals surface area contributed by atoms with Gasteiger partial charge in [0.15, 0.2) is 11.5 Å². The second-order valence-electron chi connectivity index (χ2n) is 4.60. The lowest BCUT2D eigenvalue weighted by Gasteiger charge is -2.08. The molecule has 8 nitrogen and oxygen atoms in total. The molecule has 23 heavy (non-hydrogen) atoms. The topological polar surface area (TPSA) is 90.0 Å². The Labute approximate surface area is 127 Å². The van der Waals surface area contributed by atoms with Crippen molar-refractivity contribution in [1.82, 2.24) is 34.7 Å². The molecule has 0 radical (unpaired) electrons. The van der Waals surface area contributed by atoms with E-state index >= 15 is 0 Å². The van der Waals surface area contributed by atoms with Crippen LogP contribution >= 0.6 is 0 Å². The highest BCUT2D eigenvalue weighted by Crippen LogP contribution is 2.31. The zero-order valence-corrected chi connectivity index (χ0v) is 11.5. The van der Waals surface area contributed by atoms with Crippen molar-refractivity contribution in [3.05, 3.63) is 42.4 Å². The molecule has 1 N–H and O–H groups in total. The Morgan fingerprint density at radius 1 is 1.30 bits per heavy atom. The summed E-state index contributed by atoms with van der Waals surface area (Å²) in [7, 11) is 0. The first kappa shape index (κ1) is 14.9. The van der Waals surface area contributed by atoms with E-state index in [0.717, 1.165) is 6.07 Å². The number of rotatable bonds is 4. The van der Waals surface area contributed by atoms with Crippen molar-refractivity contribution in [3.8, 4) is 0 Å². The van der Waals surface area contributed by atoms with Gasteiger partial charge in [-0.2, -0.15) is 18.3 Å². The lowest BCUT2D eigenvalue weighted by atomic mass is 10.2. The molecule has 0 aliphatic heterocycles. The normalized spacial score (nSPS) is 11.8. The number of pyridine rings is 1. The minimum absolute atomic E-state index is 0.0511. The second-order valence-corrected chi connectivity index (χ2v) is 4.60. The summed E-state index contributed by atoms with van der Waals surface area (Å²) in [5.41, 5.74) is -1.19. The van der Waals surface area contributed by atoms with Gasteiger partial charge >= 0.3 is 6.18 Å². The molecule has 0 spiro atoms. The minimum atomic E-state index is -4.52. The van der Waals surface area contributed by atoms with E-state index in [1.54, 1.807) is 0 Å². The average molecular weight is 325 g/mol. The van der Waals surface area contributed by atoms with E-state index in [1.165, 1.54) is 34.0 Å². The van der Waals surface area contributed by atoms with Crippen LogP contribution in [0.1, 0.15) is 11.4 Å². The number of halogens is 3. The van der Waals surface area contributed by atoms with Gasteiger partial charge in [-0.3, -0.25) is 9.20 Å². The number of nitrogens with one attached hydrogen (secondary N) is 1. The summed E-state index contributed by atoms with van der Waals surface area (Å²) in [6, 6.07) is 2.18. The van der Waals surface area contributed by atoms with Gasteiger partial charge in [0.2, 0.25) is 5.91 Å². The molecule has 0 saturated carbocycles. The van der Waals surface area contributed by atoms with Crippen LogP contribution in [0.4, 0.5) is 13.2 Å². The predicted octanol–water partition coefficient (Wildman–Crippen LogP) is 0.656. The molecule has 1 amide bonds. The first-order valence-electron chi connectivity index (χ1n) is 6.44. The fourth-order valence-electron chi connectivity index (χ4n) is 2.00. The maximum atomic E-state index is 12.9. The Kier molecular flexibility index (Phi) is 3.68. The lowest BCUT2D eigenvalue weighted by molar-refractivity contribution is -0.136. The summed E-state index contributed by atoms with van der Waals surface area (Å²) in [6.45, 7) is -0.111. The molecule has 0 atom stereocenters. The Hall–Kier alpha value is -2.98. The number of carbonyl (C=O) groups is 1. The van der Waals surface area contributed by atoms with Gasteiger partial charge in [-0.15, -0.1) is 10.2 Å². The Balaban J connectivity index is 1.75. The van der Waals surface area contributed by atoms with Gasteiger partial charge in [0.05, 0.1) is 6.54 Å². The summed E-state index contributed by atoms with van der Waals surface area (Å²) in [4.78, 5) is 15.4. The van der Waals surface area contributed by atoms with E-state index in [4.69, 9.17) is 0 Å². The quantitative estimate of drug-likeness (QED) is 0.761. The van der Waals surface area contributed by atoms with Crippen LogP contribution in [-0.2, 0) is 24.1 Å². The molecule has 0 saturated heterocycles. The molecule has 11 heteroatoms. The van der Waals surface area contributed by atoms with E-state index < -0.39 is 11.7 Å². The fourth-order valence-corrected chi connectivity index (χ4v) is 2.00. The number of aromatic nitrogens is 6. The summed E-state index contributed by atoms with van der Waals surface area (Å²) in [5.74, 6) is -0.183. The van der Waals surface area contributed by atoms with E-state index in [0.29, 0.717) is 0 Å². The second kappa shape index (κ2) is 5.66. The molecule has 3 heterocycles. The van der Waals surface area contributed by atoms with Crippen LogP contribution in [0.2, 0.25) is 0 Å². The van der Waals surface area contributed by atoms with Crippen molar-refractivity contribution >= 4 is 11.6 Å². The van der Waals surface area contributed by atoms with Crippen molar-refractivity contribution in [1.29, 1.82) is 0 Å². The smallest absolute Gasteiger partial charge is 0.347 e. The number of fused-ring (bicyclic) bond motifs is 1. The van der Waals surface area contributed by atoms with Gasteiger partial charge in [0.25, 0.3) is 0 Å². The number of carbonyl (C=O) groups excluding carboxylic acids is 1. The average Bonchev–Trinajstić information content (AvgIpc) is 3.13. The molecule has 0 unspecified atom stereocenters. The van der Waals surface area contributed by atoms with Gasteiger partial charge < -0.3 is 5.32 Å². The van der Waals surface area contributed by atoms with E-state index in [1.807, 2.05) is 0 Å².